The van der Waals surface area contributed by atoms with Crippen molar-refractivity contribution >= 4 is 39.6 Å². The third-order valence-corrected chi connectivity index (χ3v) is 8.79. The molecule has 2 amide bonds. The highest BCUT2D eigenvalue weighted by atomic mass is 33.1. The molecule has 0 radical (unpaired) electrons. The molecule has 182 valence electrons. The number of carbonyl (C=O) groups is 3. The molecular formula is C23H32N2O6S2. The van der Waals surface area contributed by atoms with Crippen LogP contribution in [0, 0.1) is 5.92 Å². The smallest absolute Gasteiger partial charge is 0.410 e. The molecule has 8 nitrogen and oxygen atoms in total. The molecular weight excluding hydrogens is 464 g/mol. The summed E-state index contributed by atoms with van der Waals surface area (Å²) < 4.78 is 10.9. The molecule has 1 aliphatic heterocycles. The lowest BCUT2D eigenvalue weighted by molar-refractivity contribution is -0.217. The third-order valence-electron chi connectivity index (χ3n) is 5.55. The summed E-state index contributed by atoms with van der Waals surface area (Å²) in [4.78, 5) is 38.0. The number of carboxylic acid groups (broad SMARTS) is 1. The predicted octanol–water partition coefficient (Wildman–Crippen LogP) is 4.27. The summed E-state index contributed by atoms with van der Waals surface area (Å²) in [5.74, 6) is -2.17. The lowest BCUT2D eigenvalue weighted by atomic mass is 9.76. The van der Waals surface area contributed by atoms with E-state index in [4.69, 9.17) is 9.47 Å². The van der Waals surface area contributed by atoms with Crippen LogP contribution in [0.4, 0.5) is 4.79 Å². The number of carboxylic acids is 1. The summed E-state index contributed by atoms with van der Waals surface area (Å²) in [6, 6.07) is 9.09. The van der Waals surface area contributed by atoms with Crippen molar-refractivity contribution < 1.29 is 29.0 Å². The first-order chi connectivity index (χ1) is 15.7. The minimum atomic E-state index is -1.93. The topological polar surface area (TPSA) is 105 Å². The van der Waals surface area contributed by atoms with Crippen LogP contribution in [0.25, 0.3) is 0 Å². The quantitative estimate of drug-likeness (QED) is 0.137. The first kappa shape index (κ1) is 27.1. The van der Waals surface area contributed by atoms with Gasteiger partial charge in [-0.2, -0.15) is 0 Å². The van der Waals surface area contributed by atoms with Gasteiger partial charge in [0.15, 0.2) is 4.87 Å². The molecule has 1 aromatic rings. The fourth-order valence-corrected chi connectivity index (χ4v) is 7.50. The van der Waals surface area contributed by atoms with E-state index in [1.807, 2.05) is 18.2 Å². The normalized spacial score (nSPS) is 22.9. The van der Waals surface area contributed by atoms with Crippen molar-refractivity contribution in [1.82, 2.24) is 10.2 Å². The van der Waals surface area contributed by atoms with Gasteiger partial charge in [-0.25, -0.2) is 4.79 Å². The van der Waals surface area contributed by atoms with E-state index < -0.39 is 34.5 Å². The van der Waals surface area contributed by atoms with Crippen molar-refractivity contribution in [3.05, 3.63) is 48.0 Å². The van der Waals surface area contributed by atoms with E-state index in [0.717, 1.165) is 30.6 Å². The second kappa shape index (κ2) is 11.8. The molecule has 0 aliphatic carbocycles. The van der Waals surface area contributed by atoms with Crippen LogP contribution in [0.3, 0.4) is 0 Å². The van der Waals surface area contributed by atoms with Gasteiger partial charge in [0, 0.05) is 19.9 Å². The maximum atomic E-state index is 13.1. The molecule has 3 atom stereocenters. The van der Waals surface area contributed by atoms with Crippen LogP contribution in [0.2, 0.25) is 0 Å². The van der Waals surface area contributed by atoms with Crippen LogP contribution >= 0.6 is 21.6 Å². The Morgan fingerprint density at radius 3 is 2.48 bits per heavy atom. The Balaban J connectivity index is 2.35. The number of alkyl carbamates (subject to hydrolysis) is 1. The van der Waals surface area contributed by atoms with Crippen LogP contribution in [0.5, 0.6) is 0 Å². The zero-order chi connectivity index (χ0) is 24.6. The fourth-order valence-electron chi connectivity index (χ4n) is 3.87. The van der Waals surface area contributed by atoms with Gasteiger partial charge in [-0.1, -0.05) is 83.8 Å². The second-order valence-corrected chi connectivity index (χ2v) is 10.5. The summed E-state index contributed by atoms with van der Waals surface area (Å²) in [7, 11) is 5.44. The minimum absolute atomic E-state index is 0.00868. The maximum absolute atomic E-state index is 13.1. The first-order valence-electron chi connectivity index (χ1n) is 10.7. The van der Waals surface area contributed by atoms with Gasteiger partial charge in [0.1, 0.15) is 12.5 Å². The summed E-state index contributed by atoms with van der Waals surface area (Å²) in [6.45, 7) is 7.54. The van der Waals surface area contributed by atoms with E-state index in [2.05, 4.69) is 18.8 Å². The minimum Gasteiger partial charge on any atom is -0.481 e. The number of ether oxygens (including phenoxy) is 2. The molecule has 1 fully saturated rings. The molecule has 1 aliphatic rings. The number of nitrogens with zero attached hydrogens (tertiary/aromatic N) is 1. The zero-order valence-corrected chi connectivity index (χ0v) is 21.1. The van der Waals surface area contributed by atoms with Gasteiger partial charge >= 0.3 is 12.1 Å². The number of carbonyl (C=O) groups excluding carboxylic acids is 2. The molecule has 0 bridgehead atoms. The highest BCUT2D eigenvalue weighted by Crippen LogP contribution is 2.59. The van der Waals surface area contributed by atoms with Gasteiger partial charge in [0.2, 0.25) is 0 Å². The molecule has 1 heterocycles. The summed E-state index contributed by atoms with van der Waals surface area (Å²) in [6.07, 6.45) is 2.15. The molecule has 0 saturated carbocycles. The average Bonchev–Trinajstić information content (AvgIpc) is 2.79. The highest BCUT2D eigenvalue weighted by molar-refractivity contribution is 8.77. The number of β-lactam (4-membered cyclic amide) rings is 1. The van der Waals surface area contributed by atoms with Gasteiger partial charge in [-0.3, -0.25) is 14.9 Å². The predicted molar refractivity (Wildman–Crippen MR) is 131 cm³/mol. The molecule has 1 aromatic carbocycles. The van der Waals surface area contributed by atoms with Crippen LogP contribution in [-0.4, -0.2) is 58.5 Å². The number of hydrogen-bond acceptors (Lipinski definition) is 7. The molecule has 10 heteroatoms. The molecule has 0 aromatic heterocycles. The van der Waals surface area contributed by atoms with Crippen LogP contribution in [-0.2, 0) is 25.7 Å². The highest BCUT2D eigenvalue weighted by Gasteiger charge is 2.77. The average molecular weight is 497 g/mol. The molecule has 1 saturated heterocycles. The Morgan fingerprint density at radius 1 is 1.27 bits per heavy atom. The maximum Gasteiger partial charge on any atom is 0.410 e. The Kier molecular flexibility index (Phi) is 9.69. The monoisotopic (exact) mass is 496 g/mol. The lowest BCUT2D eigenvalue weighted by Gasteiger charge is -2.62. The number of aliphatic carboxylic acids is 1. The van der Waals surface area contributed by atoms with Crippen molar-refractivity contribution in [1.29, 1.82) is 0 Å². The molecule has 0 unspecified atom stereocenters. The zero-order valence-electron chi connectivity index (χ0n) is 19.5. The van der Waals surface area contributed by atoms with E-state index in [9.17, 15) is 19.5 Å². The number of hydrogen-bond donors (Lipinski definition) is 2. The van der Waals surface area contributed by atoms with Gasteiger partial charge in [0.25, 0.3) is 11.6 Å². The molecule has 0 spiro atoms. The largest absolute Gasteiger partial charge is 0.481 e. The Bertz CT molecular complexity index is 854. The van der Waals surface area contributed by atoms with Crippen molar-refractivity contribution in [2.45, 2.75) is 50.3 Å². The molecule has 2 rings (SSSR count). The van der Waals surface area contributed by atoms with E-state index >= 15 is 0 Å². The Morgan fingerprint density at radius 2 is 1.94 bits per heavy atom. The molecule has 33 heavy (non-hydrogen) atoms. The number of likely N-dealkylation sites (N-methyl/N-ethyl adjacent to an activating group) is 1. The first-order valence-corrected chi connectivity index (χ1v) is 13.0. The van der Waals surface area contributed by atoms with Crippen LogP contribution < -0.4 is 5.32 Å². The van der Waals surface area contributed by atoms with Gasteiger partial charge in [0.05, 0.1) is 0 Å². The van der Waals surface area contributed by atoms with E-state index in [-0.39, 0.29) is 6.61 Å². The van der Waals surface area contributed by atoms with E-state index in [1.54, 1.807) is 19.1 Å². The van der Waals surface area contributed by atoms with Gasteiger partial charge in [-0.15, -0.1) is 0 Å². The second-order valence-electron chi connectivity index (χ2n) is 7.86. The summed E-state index contributed by atoms with van der Waals surface area (Å²) >= 11 is 0. The third kappa shape index (κ3) is 5.33. The van der Waals surface area contributed by atoms with Crippen molar-refractivity contribution in [2.24, 2.45) is 5.92 Å². The standard InChI is InChI=1S/C23H32N2O6S2/c1-6-7-11-14-32-33-23(18(16(2)3)19(26)27)22(30-5,20(28)25(23)4)24-21(29)31-15-17-12-9-8-10-13-17/h8-10,12-13,18H,2,6-7,11,14-15H2,1,3-5H3,(H,24,29)(H,26,27)/t18-,22+,23-/m1/s1. The van der Waals surface area contributed by atoms with Gasteiger partial charge in [-0.05, 0) is 18.9 Å². The fraction of sp³-hybridized carbons (Fsp3) is 0.522. The van der Waals surface area contributed by atoms with Crippen LogP contribution in [0.1, 0.15) is 38.7 Å². The number of rotatable bonds is 13. The SMILES string of the molecule is C=C(C)[C@H](C(=O)O)[C@]1(SSCCCCC)N(C)C(=O)[C@]1(NC(=O)OCc1ccccc1)OC. The lowest BCUT2D eigenvalue weighted by Crippen LogP contribution is -2.88. The Labute approximate surface area is 202 Å². The van der Waals surface area contributed by atoms with Crippen LogP contribution in [0.15, 0.2) is 42.5 Å². The van der Waals surface area contributed by atoms with Gasteiger partial charge < -0.3 is 19.5 Å². The number of methoxy groups -OCH3 is 1. The van der Waals surface area contributed by atoms with E-state index in [1.165, 1.54) is 40.6 Å². The molecule has 2 N–H and O–H groups in total. The summed E-state index contributed by atoms with van der Waals surface area (Å²) in [5, 5.41) is 12.6. The van der Waals surface area contributed by atoms with Crippen molar-refractivity contribution in [3.63, 3.8) is 0 Å². The number of likely N-dealkylation sites (tertiary alicyclic amines) is 1. The number of benzene rings is 1. The summed E-state index contributed by atoms with van der Waals surface area (Å²) in [5.41, 5.74) is -0.821. The number of amides is 2. The number of unbranched alkanes of at least 4 members (excludes halogenated alkanes) is 2. The van der Waals surface area contributed by atoms with Crippen molar-refractivity contribution in [2.75, 3.05) is 19.9 Å². The van der Waals surface area contributed by atoms with E-state index in [0.29, 0.717) is 5.57 Å². The number of nitrogens with one attached hydrogen (secondary N) is 1. The van der Waals surface area contributed by atoms with Crippen molar-refractivity contribution in [3.8, 4) is 0 Å². The Hall–Kier alpha value is -2.17.